The number of benzene rings is 1. The number of fused-ring (bicyclic) bond motifs is 1. The summed E-state index contributed by atoms with van der Waals surface area (Å²) >= 11 is 0. The highest BCUT2D eigenvalue weighted by atomic mass is 19.1. The van der Waals surface area contributed by atoms with E-state index in [0.29, 0.717) is 24.3 Å². The number of aromatic nitrogens is 1. The molecule has 1 spiro atoms. The van der Waals surface area contributed by atoms with Crippen molar-refractivity contribution in [3.63, 3.8) is 0 Å². The maximum atomic E-state index is 15.1. The fourth-order valence-electron chi connectivity index (χ4n) is 4.40. The molecule has 2 heterocycles. The summed E-state index contributed by atoms with van der Waals surface area (Å²) in [4.78, 5) is 26.1. The minimum atomic E-state index is -1.33. The number of anilines is 2. The van der Waals surface area contributed by atoms with Crippen LogP contribution in [-0.2, 0) is 0 Å². The molecule has 1 saturated heterocycles. The van der Waals surface area contributed by atoms with Gasteiger partial charge in [0.1, 0.15) is 5.56 Å². The van der Waals surface area contributed by atoms with Crippen molar-refractivity contribution in [3.8, 4) is 0 Å². The SMILES string of the molecule is Nc1c(F)c(N2C[C@H](N)C3(CC3)C2)cc2c1c(=O)c(C(=O)O)cn2C1CC1. The number of hydrogen-bond acceptors (Lipinski definition) is 5. The van der Waals surface area contributed by atoms with Crippen molar-refractivity contribution in [2.24, 2.45) is 11.1 Å². The predicted octanol–water partition coefficient (Wildman–Crippen LogP) is 1.68. The summed E-state index contributed by atoms with van der Waals surface area (Å²) < 4.78 is 16.9. The van der Waals surface area contributed by atoms with Gasteiger partial charge in [-0.3, -0.25) is 4.79 Å². The third-order valence-electron chi connectivity index (χ3n) is 6.39. The highest BCUT2D eigenvalue weighted by molar-refractivity contribution is 5.99. The van der Waals surface area contributed by atoms with E-state index in [2.05, 4.69) is 0 Å². The third-order valence-corrected chi connectivity index (χ3v) is 6.39. The second-order valence-corrected chi connectivity index (χ2v) is 8.18. The average molecular weight is 372 g/mol. The molecule has 2 aliphatic carbocycles. The largest absolute Gasteiger partial charge is 0.477 e. The van der Waals surface area contributed by atoms with Gasteiger partial charge < -0.3 is 26.0 Å². The lowest BCUT2D eigenvalue weighted by molar-refractivity contribution is 0.0695. The molecule has 1 atom stereocenters. The molecular weight excluding hydrogens is 351 g/mol. The Bertz CT molecular complexity index is 1060. The highest BCUT2D eigenvalue weighted by Gasteiger charge is 2.54. The number of hydrogen-bond donors (Lipinski definition) is 3. The topological polar surface area (TPSA) is 115 Å². The number of rotatable bonds is 3. The molecule has 1 aromatic carbocycles. The number of nitrogens with two attached hydrogens (primary N) is 2. The number of nitrogen functional groups attached to an aromatic ring is 1. The monoisotopic (exact) mass is 372 g/mol. The first kappa shape index (κ1) is 16.6. The van der Waals surface area contributed by atoms with Crippen LogP contribution in [0.15, 0.2) is 17.1 Å². The molecule has 1 aliphatic heterocycles. The van der Waals surface area contributed by atoms with E-state index in [1.54, 1.807) is 10.6 Å². The summed E-state index contributed by atoms with van der Waals surface area (Å²) in [5.41, 5.74) is 11.8. The molecule has 1 aromatic heterocycles. The molecule has 7 nitrogen and oxygen atoms in total. The van der Waals surface area contributed by atoms with Crippen LogP contribution in [0.4, 0.5) is 15.8 Å². The van der Waals surface area contributed by atoms with Crippen LogP contribution in [0.5, 0.6) is 0 Å². The first-order chi connectivity index (χ1) is 12.8. The molecule has 8 heteroatoms. The zero-order valence-corrected chi connectivity index (χ0v) is 14.7. The lowest BCUT2D eigenvalue weighted by Crippen LogP contribution is -2.30. The second kappa shape index (κ2) is 5.22. The van der Waals surface area contributed by atoms with Gasteiger partial charge in [0.2, 0.25) is 5.43 Å². The summed E-state index contributed by atoms with van der Waals surface area (Å²) in [6.07, 6.45) is 5.24. The van der Waals surface area contributed by atoms with Crippen LogP contribution >= 0.6 is 0 Å². The molecule has 0 amide bonds. The van der Waals surface area contributed by atoms with Crippen LogP contribution in [0.3, 0.4) is 0 Å². The van der Waals surface area contributed by atoms with Gasteiger partial charge in [-0.2, -0.15) is 0 Å². The van der Waals surface area contributed by atoms with E-state index in [1.165, 1.54) is 6.20 Å². The molecule has 27 heavy (non-hydrogen) atoms. The van der Waals surface area contributed by atoms with Crippen LogP contribution in [0.25, 0.3) is 10.9 Å². The Morgan fingerprint density at radius 1 is 1.33 bits per heavy atom. The van der Waals surface area contributed by atoms with Gasteiger partial charge in [-0.05, 0) is 31.7 Å². The first-order valence-corrected chi connectivity index (χ1v) is 9.23. The minimum Gasteiger partial charge on any atom is -0.477 e. The maximum absolute atomic E-state index is 15.1. The van der Waals surface area contributed by atoms with Crippen LogP contribution in [0, 0.1) is 11.2 Å². The molecule has 2 aromatic rings. The van der Waals surface area contributed by atoms with Gasteiger partial charge >= 0.3 is 5.97 Å². The van der Waals surface area contributed by atoms with Gasteiger partial charge in [0, 0.05) is 36.8 Å². The fraction of sp³-hybridized carbons (Fsp3) is 0.474. The Labute approximate surface area is 154 Å². The van der Waals surface area contributed by atoms with Crippen molar-refractivity contribution in [3.05, 3.63) is 33.9 Å². The quantitative estimate of drug-likeness (QED) is 0.706. The van der Waals surface area contributed by atoms with E-state index < -0.39 is 17.2 Å². The third kappa shape index (κ3) is 2.29. The van der Waals surface area contributed by atoms with E-state index in [9.17, 15) is 14.7 Å². The number of carboxylic acids is 1. The lowest BCUT2D eigenvalue weighted by atomic mass is 10.0. The van der Waals surface area contributed by atoms with Crippen molar-refractivity contribution in [2.75, 3.05) is 23.7 Å². The molecule has 3 aliphatic rings. The van der Waals surface area contributed by atoms with Crippen LogP contribution in [-0.4, -0.2) is 34.8 Å². The Morgan fingerprint density at radius 2 is 2.04 bits per heavy atom. The normalized spacial score (nSPS) is 23.3. The van der Waals surface area contributed by atoms with E-state index in [1.807, 2.05) is 4.90 Å². The van der Waals surface area contributed by atoms with Crippen LogP contribution in [0.2, 0.25) is 0 Å². The molecule has 2 saturated carbocycles. The maximum Gasteiger partial charge on any atom is 0.341 e. The molecule has 5 rings (SSSR count). The molecular formula is C19H21FN4O3. The number of nitrogens with zero attached hydrogens (tertiary/aromatic N) is 2. The van der Waals surface area contributed by atoms with Crippen molar-refractivity contribution in [2.45, 2.75) is 37.8 Å². The Balaban J connectivity index is 1.75. The highest BCUT2D eigenvalue weighted by Crippen LogP contribution is 2.53. The molecule has 0 bridgehead atoms. The van der Waals surface area contributed by atoms with Crippen molar-refractivity contribution < 1.29 is 14.3 Å². The zero-order valence-electron chi connectivity index (χ0n) is 14.7. The second-order valence-electron chi connectivity index (χ2n) is 8.18. The standard InChI is InChI=1S/C19H21FN4O3/c20-15-12(23-7-13(21)19(8-23)3-4-19)5-11-14(16(15)22)17(25)10(18(26)27)6-24(11)9-1-2-9/h5-6,9,13H,1-4,7-8,21-22H2,(H,26,27)/t13-/m0/s1. The van der Waals surface area contributed by atoms with Crippen molar-refractivity contribution >= 4 is 28.2 Å². The molecule has 0 unspecified atom stereocenters. The Hall–Kier alpha value is -2.61. The Morgan fingerprint density at radius 3 is 2.59 bits per heavy atom. The summed E-state index contributed by atoms with van der Waals surface area (Å²) in [6, 6.07) is 1.74. The fourth-order valence-corrected chi connectivity index (χ4v) is 4.40. The van der Waals surface area contributed by atoms with Crippen molar-refractivity contribution in [1.82, 2.24) is 4.57 Å². The van der Waals surface area contributed by atoms with Crippen LogP contribution in [0.1, 0.15) is 42.1 Å². The summed E-state index contributed by atoms with van der Waals surface area (Å²) in [5, 5.41) is 9.31. The van der Waals surface area contributed by atoms with E-state index >= 15 is 4.39 Å². The summed E-state index contributed by atoms with van der Waals surface area (Å²) in [5.74, 6) is -2.00. The number of carboxylic acid groups (broad SMARTS) is 1. The van der Waals surface area contributed by atoms with Gasteiger partial charge in [-0.1, -0.05) is 0 Å². The van der Waals surface area contributed by atoms with Gasteiger partial charge in [0.15, 0.2) is 5.82 Å². The number of carbonyl (C=O) groups is 1. The van der Waals surface area contributed by atoms with Gasteiger partial charge in [0.05, 0.1) is 22.3 Å². The summed E-state index contributed by atoms with van der Waals surface area (Å²) in [6.45, 7) is 1.22. The first-order valence-electron chi connectivity index (χ1n) is 9.23. The molecule has 5 N–H and O–H groups in total. The predicted molar refractivity (Wildman–Crippen MR) is 99.7 cm³/mol. The average Bonchev–Trinajstić information content (AvgIpc) is 3.51. The number of pyridine rings is 1. The molecule has 3 fully saturated rings. The number of halogens is 1. The van der Waals surface area contributed by atoms with E-state index in [4.69, 9.17) is 11.5 Å². The Kier molecular flexibility index (Phi) is 3.20. The van der Waals surface area contributed by atoms with Gasteiger partial charge in [-0.15, -0.1) is 0 Å². The van der Waals surface area contributed by atoms with Gasteiger partial charge in [-0.25, -0.2) is 9.18 Å². The lowest BCUT2D eigenvalue weighted by Gasteiger charge is -2.22. The zero-order chi connectivity index (χ0) is 19.1. The number of aromatic carboxylic acids is 1. The van der Waals surface area contributed by atoms with Crippen LogP contribution < -0.4 is 21.8 Å². The molecule has 142 valence electrons. The summed E-state index contributed by atoms with van der Waals surface area (Å²) in [7, 11) is 0. The molecule has 0 radical (unpaired) electrons. The van der Waals surface area contributed by atoms with E-state index in [-0.39, 0.29) is 34.1 Å². The minimum absolute atomic E-state index is 0.00571. The smallest absolute Gasteiger partial charge is 0.341 e. The van der Waals surface area contributed by atoms with E-state index in [0.717, 1.165) is 25.7 Å². The van der Waals surface area contributed by atoms with Crippen molar-refractivity contribution in [1.29, 1.82) is 0 Å². The van der Waals surface area contributed by atoms with Gasteiger partial charge in [0.25, 0.3) is 0 Å².